The topological polar surface area (TPSA) is 68.2 Å². The van der Waals surface area contributed by atoms with Crippen molar-refractivity contribution in [3.8, 4) is 11.3 Å². The van der Waals surface area contributed by atoms with Crippen molar-refractivity contribution >= 4 is 11.5 Å². The van der Waals surface area contributed by atoms with Gasteiger partial charge in [-0.3, -0.25) is 9.38 Å². The van der Waals surface area contributed by atoms with Crippen LogP contribution >= 0.6 is 0 Å². The lowest BCUT2D eigenvalue weighted by Crippen LogP contribution is -2.03. The summed E-state index contributed by atoms with van der Waals surface area (Å²) in [5.74, 6) is 1.57. The van der Waals surface area contributed by atoms with E-state index in [0.717, 1.165) is 22.7 Å². The fourth-order valence-electron chi connectivity index (χ4n) is 2.36. The van der Waals surface area contributed by atoms with Crippen molar-refractivity contribution in [2.45, 2.75) is 6.54 Å². The highest BCUT2D eigenvalue weighted by Crippen LogP contribution is 2.22. The van der Waals surface area contributed by atoms with Gasteiger partial charge in [0.05, 0.1) is 24.7 Å². The Morgan fingerprint density at radius 3 is 2.91 bits per heavy atom. The Kier molecular flexibility index (Phi) is 3.05. The average Bonchev–Trinajstić information content (AvgIpc) is 3.23. The van der Waals surface area contributed by atoms with Crippen molar-refractivity contribution in [2.75, 3.05) is 5.32 Å². The first-order valence-corrected chi connectivity index (χ1v) is 6.90. The molecular weight excluding hydrogens is 278 g/mol. The van der Waals surface area contributed by atoms with E-state index < -0.39 is 0 Å². The molecule has 22 heavy (non-hydrogen) atoms. The van der Waals surface area contributed by atoms with Crippen LogP contribution in [0.25, 0.3) is 16.9 Å². The molecular formula is C16H13N5O. The zero-order valence-corrected chi connectivity index (χ0v) is 11.7. The van der Waals surface area contributed by atoms with E-state index in [-0.39, 0.29) is 0 Å². The number of anilines is 1. The summed E-state index contributed by atoms with van der Waals surface area (Å²) < 4.78 is 7.31. The van der Waals surface area contributed by atoms with Crippen LogP contribution in [0, 0.1) is 0 Å². The maximum atomic E-state index is 5.32. The van der Waals surface area contributed by atoms with Crippen molar-refractivity contribution in [3.63, 3.8) is 0 Å². The van der Waals surface area contributed by atoms with Gasteiger partial charge in [0.2, 0.25) is 0 Å². The van der Waals surface area contributed by atoms with Crippen molar-refractivity contribution in [1.29, 1.82) is 0 Å². The number of hydrogen-bond donors (Lipinski definition) is 1. The third-order valence-corrected chi connectivity index (χ3v) is 3.40. The van der Waals surface area contributed by atoms with E-state index in [1.165, 1.54) is 0 Å². The molecule has 0 aromatic carbocycles. The molecule has 0 saturated carbocycles. The molecule has 0 aliphatic carbocycles. The molecule has 0 aliphatic heterocycles. The first-order valence-electron chi connectivity index (χ1n) is 6.90. The maximum Gasteiger partial charge on any atom is 0.180 e. The predicted octanol–water partition coefficient (Wildman–Crippen LogP) is 3.00. The number of furan rings is 1. The molecule has 0 fully saturated rings. The number of aromatic nitrogens is 4. The van der Waals surface area contributed by atoms with Gasteiger partial charge in [-0.15, -0.1) is 0 Å². The molecule has 4 rings (SSSR count). The summed E-state index contributed by atoms with van der Waals surface area (Å²) in [6, 6.07) is 7.69. The smallest absolute Gasteiger partial charge is 0.180 e. The fourth-order valence-corrected chi connectivity index (χ4v) is 2.36. The lowest BCUT2D eigenvalue weighted by molar-refractivity contribution is 0.518. The zero-order chi connectivity index (χ0) is 14.8. The number of imidazole rings is 1. The van der Waals surface area contributed by atoms with E-state index >= 15 is 0 Å². The fraction of sp³-hybridized carbons (Fsp3) is 0.0625. The lowest BCUT2D eigenvalue weighted by atomic mass is 10.2. The summed E-state index contributed by atoms with van der Waals surface area (Å²) in [4.78, 5) is 13.0. The van der Waals surface area contributed by atoms with Crippen LogP contribution in [0.2, 0.25) is 0 Å². The number of rotatable bonds is 4. The molecule has 4 aromatic heterocycles. The molecule has 0 aliphatic rings. The number of hydrogen-bond acceptors (Lipinski definition) is 5. The predicted molar refractivity (Wildman–Crippen MR) is 82.3 cm³/mol. The van der Waals surface area contributed by atoms with Gasteiger partial charge in [-0.1, -0.05) is 0 Å². The van der Waals surface area contributed by atoms with Gasteiger partial charge in [-0.2, -0.15) is 0 Å². The highest BCUT2D eigenvalue weighted by molar-refractivity contribution is 5.70. The lowest BCUT2D eigenvalue weighted by Gasteiger charge is -2.06. The second-order valence-corrected chi connectivity index (χ2v) is 4.79. The summed E-state index contributed by atoms with van der Waals surface area (Å²) >= 11 is 0. The van der Waals surface area contributed by atoms with E-state index in [1.807, 2.05) is 47.3 Å². The second kappa shape index (κ2) is 5.33. The van der Waals surface area contributed by atoms with Gasteiger partial charge in [0.15, 0.2) is 11.5 Å². The van der Waals surface area contributed by atoms with Crippen LogP contribution in [0.5, 0.6) is 0 Å². The van der Waals surface area contributed by atoms with Crippen LogP contribution in [0.4, 0.5) is 5.82 Å². The first kappa shape index (κ1) is 12.6. The normalized spacial score (nSPS) is 10.9. The molecule has 0 amide bonds. The van der Waals surface area contributed by atoms with Crippen molar-refractivity contribution in [3.05, 3.63) is 67.3 Å². The maximum absolute atomic E-state index is 5.32. The zero-order valence-electron chi connectivity index (χ0n) is 11.7. The van der Waals surface area contributed by atoms with Gasteiger partial charge < -0.3 is 9.73 Å². The number of pyridine rings is 1. The van der Waals surface area contributed by atoms with E-state index in [4.69, 9.17) is 4.42 Å². The summed E-state index contributed by atoms with van der Waals surface area (Å²) in [5.41, 5.74) is 2.76. The van der Waals surface area contributed by atoms with Gasteiger partial charge in [0.25, 0.3) is 0 Å². The van der Waals surface area contributed by atoms with Gasteiger partial charge in [0.1, 0.15) is 5.76 Å². The van der Waals surface area contributed by atoms with Crippen LogP contribution < -0.4 is 5.32 Å². The van der Waals surface area contributed by atoms with Crippen molar-refractivity contribution < 1.29 is 4.42 Å². The molecule has 0 unspecified atom stereocenters. The number of nitrogens with zero attached hydrogens (tertiary/aromatic N) is 4. The van der Waals surface area contributed by atoms with Crippen molar-refractivity contribution in [1.82, 2.24) is 19.4 Å². The minimum atomic E-state index is 0.564. The van der Waals surface area contributed by atoms with Gasteiger partial charge in [-0.25, -0.2) is 9.97 Å². The van der Waals surface area contributed by atoms with Crippen LogP contribution in [-0.2, 0) is 6.54 Å². The average molecular weight is 291 g/mol. The van der Waals surface area contributed by atoms with Crippen LogP contribution in [0.1, 0.15) is 5.76 Å². The largest absolute Gasteiger partial charge is 0.467 e. The second-order valence-electron chi connectivity index (χ2n) is 4.79. The van der Waals surface area contributed by atoms with E-state index in [1.54, 1.807) is 18.7 Å². The summed E-state index contributed by atoms with van der Waals surface area (Å²) in [5, 5.41) is 3.25. The summed E-state index contributed by atoms with van der Waals surface area (Å²) in [6.07, 6.45) is 10.7. The molecule has 108 valence electrons. The SMILES string of the molecule is c1cncc(-c2cnc3c(NCc4ccco4)nccn23)c1. The molecule has 6 heteroatoms. The van der Waals surface area contributed by atoms with Gasteiger partial charge in [-0.05, 0) is 24.3 Å². The monoisotopic (exact) mass is 291 g/mol. The van der Waals surface area contributed by atoms with Gasteiger partial charge >= 0.3 is 0 Å². The molecule has 0 bridgehead atoms. The minimum absolute atomic E-state index is 0.564. The van der Waals surface area contributed by atoms with E-state index in [2.05, 4.69) is 20.3 Å². The Labute approximate surface area is 126 Å². The summed E-state index contributed by atoms with van der Waals surface area (Å²) in [7, 11) is 0. The Morgan fingerprint density at radius 1 is 1.09 bits per heavy atom. The van der Waals surface area contributed by atoms with Gasteiger partial charge in [0, 0.05) is 30.4 Å². The van der Waals surface area contributed by atoms with Crippen LogP contribution in [0.3, 0.4) is 0 Å². The van der Waals surface area contributed by atoms with E-state index in [9.17, 15) is 0 Å². The standard InChI is InChI=1S/C16H13N5O/c1-3-12(9-17-5-1)14-11-20-16-15(18-6-7-21(14)16)19-10-13-4-2-8-22-13/h1-9,11H,10H2,(H,18,19). The molecule has 0 spiro atoms. The Morgan fingerprint density at radius 2 is 2.09 bits per heavy atom. The highest BCUT2D eigenvalue weighted by Gasteiger charge is 2.10. The molecule has 0 atom stereocenters. The molecule has 4 heterocycles. The number of nitrogens with one attached hydrogen (secondary N) is 1. The molecule has 0 radical (unpaired) electrons. The molecule has 4 aromatic rings. The minimum Gasteiger partial charge on any atom is -0.467 e. The molecule has 6 nitrogen and oxygen atoms in total. The summed E-state index contributed by atoms with van der Waals surface area (Å²) in [6.45, 7) is 0.564. The van der Waals surface area contributed by atoms with E-state index in [0.29, 0.717) is 12.4 Å². The van der Waals surface area contributed by atoms with Crippen LogP contribution in [-0.4, -0.2) is 19.4 Å². The first-order chi connectivity index (χ1) is 10.9. The quantitative estimate of drug-likeness (QED) is 0.626. The molecule has 0 saturated heterocycles. The van der Waals surface area contributed by atoms with Crippen molar-refractivity contribution in [2.24, 2.45) is 0 Å². The molecule has 1 N–H and O–H groups in total. The Balaban J connectivity index is 1.71. The Hall–Kier alpha value is -3.15. The third-order valence-electron chi connectivity index (χ3n) is 3.40. The third kappa shape index (κ3) is 2.20. The van der Waals surface area contributed by atoms with Crippen LogP contribution in [0.15, 0.2) is 65.9 Å². The highest BCUT2D eigenvalue weighted by atomic mass is 16.3. The number of fused-ring (bicyclic) bond motifs is 1. The Bertz CT molecular complexity index is 883.